The molecule has 2 aromatic rings. The fraction of sp³-hybridized carbons (Fsp3) is 0.500. The molecule has 0 fully saturated rings. The molecule has 0 N–H and O–H groups in total. The van der Waals surface area contributed by atoms with Gasteiger partial charge in [0, 0.05) is 23.2 Å². The van der Waals surface area contributed by atoms with Crippen LogP contribution < -0.4 is 4.74 Å². The van der Waals surface area contributed by atoms with E-state index < -0.39 is 37.0 Å². The molecule has 0 radical (unpaired) electrons. The van der Waals surface area contributed by atoms with Crippen LogP contribution in [0.15, 0.2) is 29.4 Å². The third kappa shape index (κ3) is 6.81. The number of ether oxygens (including phenoxy) is 2. The number of alkyl halides is 8. The van der Waals surface area contributed by atoms with Gasteiger partial charge in [-0.3, -0.25) is 4.98 Å². The smallest absolute Gasteiger partial charge is 0.437 e. The zero-order chi connectivity index (χ0) is 30.6. The van der Waals surface area contributed by atoms with E-state index in [1.807, 2.05) is 13.8 Å². The van der Waals surface area contributed by atoms with Crippen molar-refractivity contribution in [3.63, 3.8) is 0 Å². The molecule has 14 heteroatoms. The number of aromatic nitrogens is 1. The molecule has 1 heterocycles. The third-order valence-corrected chi connectivity index (χ3v) is 6.01. The molecule has 0 atom stereocenters. The lowest BCUT2D eigenvalue weighted by Crippen LogP contribution is -2.59. The maximum absolute atomic E-state index is 13.6. The minimum absolute atomic E-state index is 0.0359. The Morgan fingerprint density at radius 1 is 1.02 bits per heavy atom. The van der Waals surface area contributed by atoms with Gasteiger partial charge in [0.05, 0.1) is 18.5 Å². The zero-order valence-electron chi connectivity index (χ0n) is 22.4. The number of benzene rings is 1. The summed E-state index contributed by atoms with van der Waals surface area (Å²) in [5.41, 5.74) is 3.53. The number of nitrogens with zero attached hydrogens (tertiary/aromatic N) is 2. The molecular formula is C26H28F8N2O4. The van der Waals surface area contributed by atoms with E-state index in [-0.39, 0.29) is 18.1 Å². The molecule has 0 spiro atoms. The van der Waals surface area contributed by atoms with Gasteiger partial charge in [0.25, 0.3) is 0 Å². The number of methoxy groups -OCH3 is 1. The van der Waals surface area contributed by atoms with Crippen LogP contribution in [-0.4, -0.2) is 54.8 Å². The molecule has 2 rings (SSSR count). The highest BCUT2D eigenvalue weighted by atomic mass is 19.4. The largest absolute Gasteiger partial charge is 0.513 e. The second kappa shape index (κ2) is 12.4. The summed E-state index contributed by atoms with van der Waals surface area (Å²) in [7, 11) is 1.17. The molecule has 40 heavy (non-hydrogen) atoms. The second-order valence-electron chi connectivity index (χ2n) is 9.25. The molecule has 0 aliphatic heterocycles. The van der Waals surface area contributed by atoms with Crippen molar-refractivity contribution in [3.05, 3.63) is 57.9 Å². The van der Waals surface area contributed by atoms with Crippen LogP contribution in [0, 0.1) is 13.8 Å². The second-order valence-corrected chi connectivity index (χ2v) is 9.25. The standard InChI is InChI=1S/C26H28F8N2O4/c1-13(2)20-19(21(40-23(37)38-6)14(3)15(4)35-20)11-17-7-9-18(10-8-17)16(5)36-39-12-24(29,30)26(33,34)25(31,32)22(27)28/h7-10,13,22H,11-12H2,1-6H3. The molecule has 0 bridgehead atoms. The number of carbonyl (C=O) groups excluding carboxylic acids is 1. The van der Waals surface area contributed by atoms with Crippen LogP contribution >= 0.6 is 0 Å². The van der Waals surface area contributed by atoms with E-state index in [1.165, 1.54) is 26.2 Å². The monoisotopic (exact) mass is 584 g/mol. The van der Waals surface area contributed by atoms with E-state index in [0.717, 1.165) is 0 Å². The number of carbonyl (C=O) groups is 1. The van der Waals surface area contributed by atoms with Crippen LogP contribution in [-0.2, 0) is 16.0 Å². The number of pyridine rings is 1. The van der Waals surface area contributed by atoms with Crippen LogP contribution in [0.2, 0.25) is 0 Å². The van der Waals surface area contributed by atoms with Crippen LogP contribution in [0.4, 0.5) is 39.9 Å². The van der Waals surface area contributed by atoms with Gasteiger partial charge in [-0.2, -0.15) is 26.3 Å². The summed E-state index contributed by atoms with van der Waals surface area (Å²) in [5, 5.41) is 3.24. The lowest BCUT2D eigenvalue weighted by molar-refractivity contribution is -0.346. The van der Waals surface area contributed by atoms with Gasteiger partial charge in [-0.25, -0.2) is 13.6 Å². The summed E-state index contributed by atoms with van der Waals surface area (Å²) >= 11 is 0. The highest BCUT2D eigenvalue weighted by Crippen LogP contribution is 2.48. The van der Waals surface area contributed by atoms with E-state index in [4.69, 9.17) is 4.74 Å². The Labute approximate surface area is 225 Å². The highest BCUT2D eigenvalue weighted by Gasteiger charge is 2.75. The number of hydrogen-bond acceptors (Lipinski definition) is 6. The molecule has 0 unspecified atom stereocenters. The molecule has 6 nitrogen and oxygen atoms in total. The predicted octanol–water partition coefficient (Wildman–Crippen LogP) is 7.47. The third-order valence-electron chi connectivity index (χ3n) is 6.01. The first-order valence-electron chi connectivity index (χ1n) is 11.8. The van der Waals surface area contributed by atoms with E-state index >= 15 is 0 Å². The summed E-state index contributed by atoms with van der Waals surface area (Å²) in [5.74, 6) is -18.0. The van der Waals surface area contributed by atoms with Gasteiger partial charge in [-0.1, -0.05) is 43.3 Å². The van der Waals surface area contributed by atoms with Crippen LogP contribution in [0.5, 0.6) is 5.75 Å². The van der Waals surface area contributed by atoms with Gasteiger partial charge in [-0.15, -0.1) is 0 Å². The van der Waals surface area contributed by atoms with Gasteiger partial charge < -0.3 is 14.3 Å². The molecular weight excluding hydrogens is 556 g/mol. The maximum atomic E-state index is 13.6. The highest BCUT2D eigenvalue weighted by molar-refractivity contribution is 5.98. The van der Waals surface area contributed by atoms with Crippen LogP contribution in [0.25, 0.3) is 0 Å². The average molecular weight is 585 g/mol. The van der Waals surface area contributed by atoms with Crippen LogP contribution in [0.1, 0.15) is 60.3 Å². The number of oxime groups is 1. The molecule has 0 aliphatic rings. The summed E-state index contributed by atoms with van der Waals surface area (Å²) < 4.78 is 115. The first-order chi connectivity index (χ1) is 18.4. The van der Waals surface area contributed by atoms with E-state index in [0.29, 0.717) is 39.4 Å². The number of aryl methyl sites for hydroxylation is 1. The lowest BCUT2D eigenvalue weighted by Gasteiger charge is -2.31. The van der Waals surface area contributed by atoms with Crippen molar-refractivity contribution in [1.82, 2.24) is 4.98 Å². The molecule has 222 valence electrons. The molecule has 0 aliphatic carbocycles. The summed E-state index contributed by atoms with van der Waals surface area (Å²) in [4.78, 5) is 20.7. The van der Waals surface area contributed by atoms with Gasteiger partial charge in [-0.05, 0) is 37.8 Å². The topological polar surface area (TPSA) is 70.0 Å². The lowest BCUT2D eigenvalue weighted by atomic mass is 9.94. The fourth-order valence-electron chi connectivity index (χ4n) is 3.55. The van der Waals surface area contributed by atoms with Crippen molar-refractivity contribution < 1.29 is 54.2 Å². The van der Waals surface area contributed by atoms with Crippen molar-refractivity contribution in [2.24, 2.45) is 5.16 Å². The zero-order valence-corrected chi connectivity index (χ0v) is 22.4. The van der Waals surface area contributed by atoms with Gasteiger partial charge in [0.1, 0.15) is 5.75 Å². The Balaban J connectivity index is 2.27. The first kappa shape index (κ1) is 32.8. The minimum Gasteiger partial charge on any atom is -0.437 e. The van der Waals surface area contributed by atoms with Crippen molar-refractivity contribution in [2.45, 2.75) is 71.2 Å². The minimum atomic E-state index is -6.38. The Kier molecular flexibility index (Phi) is 10.1. The maximum Gasteiger partial charge on any atom is 0.513 e. The average Bonchev–Trinajstić information content (AvgIpc) is 2.87. The Hall–Kier alpha value is -3.45. The van der Waals surface area contributed by atoms with Crippen molar-refractivity contribution in [3.8, 4) is 5.75 Å². The van der Waals surface area contributed by atoms with Crippen molar-refractivity contribution >= 4 is 11.9 Å². The molecule has 1 aromatic heterocycles. The predicted molar refractivity (Wildman–Crippen MR) is 129 cm³/mol. The van der Waals surface area contributed by atoms with E-state index in [2.05, 4.69) is 19.7 Å². The number of halogens is 8. The Morgan fingerprint density at radius 3 is 2.10 bits per heavy atom. The van der Waals surface area contributed by atoms with Crippen LogP contribution in [0.3, 0.4) is 0 Å². The molecule has 0 amide bonds. The summed E-state index contributed by atoms with van der Waals surface area (Å²) in [6, 6.07) is 6.25. The number of rotatable bonds is 11. The normalized spacial score (nSPS) is 13.2. The molecule has 0 saturated carbocycles. The van der Waals surface area contributed by atoms with Gasteiger partial charge in [0.15, 0.2) is 6.61 Å². The molecule has 0 saturated heterocycles. The first-order valence-corrected chi connectivity index (χ1v) is 11.8. The summed E-state index contributed by atoms with van der Waals surface area (Å²) in [6.07, 6.45) is -5.66. The Morgan fingerprint density at radius 2 is 1.60 bits per heavy atom. The van der Waals surface area contributed by atoms with Crippen molar-refractivity contribution in [1.29, 1.82) is 0 Å². The SMILES string of the molecule is COC(=O)Oc1c(C)c(C)nc(C(C)C)c1Cc1ccc(C(C)=NOCC(F)(F)C(F)(F)C(F)(F)C(F)F)cc1. The quantitative estimate of drug-likeness (QED) is 0.119. The Bertz CT molecular complexity index is 1230. The van der Waals surface area contributed by atoms with E-state index in [1.54, 1.807) is 26.0 Å². The molecule has 1 aromatic carbocycles. The van der Waals surface area contributed by atoms with Gasteiger partial charge in [0.2, 0.25) is 0 Å². The van der Waals surface area contributed by atoms with E-state index in [9.17, 15) is 39.9 Å². The van der Waals surface area contributed by atoms with Crippen molar-refractivity contribution in [2.75, 3.05) is 13.7 Å². The number of hydrogen-bond donors (Lipinski definition) is 0. The van der Waals surface area contributed by atoms with Gasteiger partial charge >= 0.3 is 30.3 Å². The fourth-order valence-corrected chi connectivity index (χ4v) is 3.55. The summed E-state index contributed by atoms with van der Waals surface area (Å²) in [6.45, 7) is 6.25.